The van der Waals surface area contributed by atoms with Crippen LogP contribution in [0.2, 0.25) is 0 Å². The molecule has 1 aliphatic carbocycles. The number of nitrogens with one attached hydrogen (secondary N) is 1. The normalized spacial score (nSPS) is 16.1. The summed E-state index contributed by atoms with van der Waals surface area (Å²) in [7, 11) is 1.74. The topological polar surface area (TPSA) is 21.3 Å². The third-order valence-corrected chi connectivity index (χ3v) is 3.96. The maximum Gasteiger partial charge on any atom is 0.123 e. The molecule has 18 heavy (non-hydrogen) atoms. The number of ether oxygens (including phenoxy) is 1. The molecule has 1 N–H and O–H groups in total. The molecule has 0 amide bonds. The van der Waals surface area contributed by atoms with E-state index in [4.69, 9.17) is 4.74 Å². The monoisotopic (exact) mass is 247 g/mol. The van der Waals surface area contributed by atoms with Gasteiger partial charge in [-0.1, -0.05) is 43.4 Å². The number of hydrogen-bond donors (Lipinski definition) is 1. The molecule has 1 aromatic carbocycles. The zero-order chi connectivity index (χ0) is 12.8. The molecule has 100 valence electrons. The Labute approximate surface area is 111 Å². The Morgan fingerprint density at radius 2 is 2.06 bits per heavy atom. The first-order valence-electron chi connectivity index (χ1n) is 7.14. The Balaban J connectivity index is 1.76. The fourth-order valence-electron chi connectivity index (χ4n) is 2.87. The van der Waals surface area contributed by atoms with E-state index in [-0.39, 0.29) is 0 Å². The molecule has 2 nitrogen and oxygen atoms in total. The summed E-state index contributed by atoms with van der Waals surface area (Å²) < 4.78 is 5.39. The van der Waals surface area contributed by atoms with E-state index in [1.165, 1.54) is 43.2 Å². The molecule has 1 aromatic rings. The predicted octanol–water partition coefficient (Wildman–Crippen LogP) is 3.67. The SMILES string of the molecule is COc1ccc(C)cc1CNCCC1CCCC1. The highest BCUT2D eigenvalue weighted by molar-refractivity contribution is 5.36. The van der Waals surface area contributed by atoms with E-state index in [1.54, 1.807) is 7.11 Å². The standard InChI is InChI=1S/C16H25NO/c1-13-7-8-16(18-2)15(11-13)12-17-10-9-14-5-3-4-6-14/h7-8,11,14,17H,3-6,9-10,12H2,1-2H3. The van der Waals surface area contributed by atoms with E-state index in [9.17, 15) is 0 Å². The molecule has 2 rings (SSSR count). The van der Waals surface area contributed by atoms with Crippen molar-refractivity contribution < 1.29 is 4.74 Å². The van der Waals surface area contributed by atoms with Crippen molar-refractivity contribution in [3.8, 4) is 5.75 Å². The van der Waals surface area contributed by atoms with Crippen LogP contribution in [0.1, 0.15) is 43.2 Å². The lowest BCUT2D eigenvalue weighted by Gasteiger charge is -2.12. The highest BCUT2D eigenvalue weighted by Crippen LogP contribution is 2.27. The highest BCUT2D eigenvalue weighted by Gasteiger charge is 2.14. The first kappa shape index (κ1) is 13.4. The van der Waals surface area contributed by atoms with Crippen LogP contribution in [0.3, 0.4) is 0 Å². The lowest BCUT2D eigenvalue weighted by atomic mass is 10.0. The van der Waals surface area contributed by atoms with Gasteiger partial charge in [-0.2, -0.15) is 0 Å². The molecule has 0 atom stereocenters. The van der Waals surface area contributed by atoms with Crippen molar-refractivity contribution in [2.75, 3.05) is 13.7 Å². The zero-order valence-electron chi connectivity index (χ0n) is 11.7. The van der Waals surface area contributed by atoms with Gasteiger partial charge >= 0.3 is 0 Å². The van der Waals surface area contributed by atoms with Gasteiger partial charge in [-0.3, -0.25) is 0 Å². The smallest absolute Gasteiger partial charge is 0.123 e. The van der Waals surface area contributed by atoms with Gasteiger partial charge in [0.05, 0.1) is 7.11 Å². The molecule has 1 aliphatic rings. The van der Waals surface area contributed by atoms with Crippen LogP contribution in [-0.4, -0.2) is 13.7 Å². The molecule has 0 heterocycles. The minimum Gasteiger partial charge on any atom is -0.496 e. The third kappa shape index (κ3) is 3.74. The molecule has 0 radical (unpaired) electrons. The van der Waals surface area contributed by atoms with Gasteiger partial charge in [-0.25, -0.2) is 0 Å². The van der Waals surface area contributed by atoms with Crippen molar-refractivity contribution in [3.05, 3.63) is 29.3 Å². The van der Waals surface area contributed by atoms with Crippen molar-refractivity contribution in [1.82, 2.24) is 5.32 Å². The predicted molar refractivity (Wildman–Crippen MR) is 76.0 cm³/mol. The Morgan fingerprint density at radius 3 is 2.78 bits per heavy atom. The van der Waals surface area contributed by atoms with Gasteiger partial charge in [0.25, 0.3) is 0 Å². The first-order chi connectivity index (χ1) is 8.79. The van der Waals surface area contributed by atoms with E-state index in [1.807, 2.05) is 0 Å². The molecule has 2 heteroatoms. The van der Waals surface area contributed by atoms with Crippen molar-refractivity contribution in [2.45, 2.75) is 45.6 Å². The second-order valence-electron chi connectivity index (χ2n) is 5.43. The second kappa shape index (κ2) is 6.79. The Kier molecular flexibility index (Phi) is 5.06. The zero-order valence-corrected chi connectivity index (χ0v) is 11.7. The summed E-state index contributed by atoms with van der Waals surface area (Å²) in [6.45, 7) is 4.17. The number of benzene rings is 1. The molecule has 1 fully saturated rings. The van der Waals surface area contributed by atoms with Crippen LogP contribution in [0.25, 0.3) is 0 Å². The molecule has 0 spiro atoms. The number of hydrogen-bond acceptors (Lipinski definition) is 2. The van der Waals surface area contributed by atoms with E-state index in [2.05, 4.69) is 30.4 Å². The van der Waals surface area contributed by atoms with E-state index in [0.29, 0.717) is 0 Å². The van der Waals surface area contributed by atoms with Gasteiger partial charge in [-0.05, 0) is 31.9 Å². The molecule has 0 aromatic heterocycles. The molecule has 1 saturated carbocycles. The average molecular weight is 247 g/mol. The van der Waals surface area contributed by atoms with E-state index < -0.39 is 0 Å². The largest absolute Gasteiger partial charge is 0.496 e. The number of rotatable bonds is 6. The van der Waals surface area contributed by atoms with Gasteiger partial charge in [0.2, 0.25) is 0 Å². The number of methoxy groups -OCH3 is 1. The van der Waals surface area contributed by atoms with Gasteiger partial charge < -0.3 is 10.1 Å². The molecular formula is C16H25NO. The van der Waals surface area contributed by atoms with Crippen molar-refractivity contribution in [3.63, 3.8) is 0 Å². The van der Waals surface area contributed by atoms with Crippen LogP contribution >= 0.6 is 0 Å². The Morgan fingerprint density at radius 1 is 1.28 bits per heavy atom. The summed E-state index contributed by atoms with van der Waals surface area (Å²) >= 11 is 0. The lowest BCUT2D eigenvalue weighted by molar-refractivity contribution is 0.406. The first-order valence-corrected chi connectivity index (χ1v) is 7.14. The van der Waals surface area contributed by atoms with Crippen molar-refractivity contribution in [2.24, 2.45) is 5.92 Å². The average Bonchev–Trinajstić information content (AvgIpc) is 2.88. The van der Waals surface area contributed by atoms with Gasteiger partial charge in [0, 0.05) is 12.1 Å². The summed E-state index contributed by atoms with van der Waals surface area (Å²) in [5, 5.41) is 3.55. The molecular weight excluding hydrogens is 222 g/mol. The van der Waals surface area contributed by atoms with E-state index >= 15 is 0 Å². The van der Waals surface area contributed by atoms with Crippen LogP contribution < -0.4 is 10.1 Å². The highest BCUT2D eigenvalue weighted by atomic mass is 16.5. The lowest BCUT2D eigenvalue weighted by Crippen LogP contribution is -2.17. The maximum absolute atomic E-state index is 5.39. The quantitative estimate of drug-likeness (QED) is 0.774. The van der Waals surface area contributed by atoms with Crippen LogP contribution in [0, 0.1) is 12.8 Å². The molecule has 0 unspecified atom stereocenters. The second-order valence-corrected chi connectivity index (χ2v) is 5.43. The Bertz CT molecular complexity index is 369. The van der Waals surface area contributed by atoms with Crippen LogP contribution in [0.4, 0.5) is 0 Å². The Hall–Kier alpha value is -1.02. The van der Waals surface area contributed by atoms with Crippen LogP contribution in [0.15, 0.2) is 18.2 Å². The van der Waals surface area contributed by atoms with Gasteiger partial charge in [0.15, 0.2) is 0 Å². The summed E-state index contributed by atoms with van der Waals surface area (Å²) in [5.74, 6) is 1.96. The fourth-order valence-corrected chi connectivity index (χ4v) is 2.87. The molecule has 0 aliphatic heterocycles. The molecule has 0 bridgehead atoms. The molecule has 0 saturated heterocycles. The van der Waals surface area contributed by atoms with Crippen LogP contribution in [0.5, 0.6) is 5.75 Å². The third-order valence-electron chi connectivity index (χ3n) is 3.96. The maximum atomic E-state index is 5.39. The minimum absolute atomic E-state index is 0.914. The summed E-state index contributed by atoms with van der Waals surface area (Å²) in [4.78, 5) is 0. The summed E-state index contributed by atoms with van der Waals surface area (Å²) in [5.41, 5.74) is 2.56. The van der Waals surface area contributed by atoms with Gasteiger partial charge in [-0.15, -0.1) is 0 Å². The summed E-state index contributed by atoms with van der Waals surface area (Å²) in [6, 6.07) is 6.37. The van der Waals surface area contributed by atoms with Gasteiger partial charge in [0.1, 0.15) is 5.75 Å². The fraction of sp³-hybridized carbons (Fsp3) is 0.625. The van der Waals surface area contributed by atoms with Crippen molar-refractivity contribution in [1.29, 1.82) is 0 Å². The van der Waals surface area contributed by atoms with Crippen molar-refractivity contribution >= 4 is 0 Å². The van der Waals surface area contributed by atoms with E-state index in [0.717, 1.165) is 24.8 Å². The van der Waals surface area contributed by atoms with Crippen LogP contribution in [-0.2, 0) is 6.54 Å². The summed E-state index contributed by atoms with van der Waals surface area (Å²) in [6.07, 6.45) is 7.09. The number of aryl methyl sites for hydroxylation is 1. The minimum atomic E-state index is 0.914.